The lowest BCUT2D eigenvalue weighted by molar-refractivity contribution is -0.0648. The molecular weight excluding hydrogens is 776 g/mol. The molecule has 1 N–H and O–H groups in total. The molecule has 274 valence electrons. The number of methoxy groups -OCH3 is 1. The summed E-state index contributed by atoms with van der Waals surface area (Å²) in [4.78, 5) is 43.8. The Hall–Kier alpha value is -3.22. The molecule has 2 aliphatic rings. The fourth-order valence-electron chi connectivity index (χ4n) is 4.75. The number of amides is 2. The van der Waals surface area contributed by atoms with Crippen LogP contribution in [0.1, 0.15) is 69.2 Å². The summed E-state index contributed by atoms with van der Waals surface area (Å²) < 4.78 is 39.7. The van der Waals surface area contributed by atoms with Gasteiger partial charge in [-0.25, -0.2) is 29.5 Å². The second-order valence-corrected chi connectivity index (χ2v) is 15.6. The molecule has 2 fully saturated rings. The average molecular weight is 823 g/mol. The second kappa shape index (κ2) is 15.8. The van der Waals surface area contributed by atoms with Gasteiger partial charge in [0.25, 0.3) is 0 Å². The molecule has 0 aliphatic carbocycles. The van der Waals surface area contributed by atoms with Gasteiger partial charge in [-0.05, 0) is 101 Å². The van der Waals surface area contributed by atoms with Crippen molar-refractivity contribution in [2.24, 2.45) is 0 Å². The quantitative estimate of drug-likeness (QED) is 0.360. The predicted molar refractivity (Wildman–Crippen MR) is 182 cm³/mol. The van der Waals surface area contributed by atoms with Crippen LogP contribution in [0.4, 0.5) is 9.59 Å². The normalized spacial score (nSPS) is 19.9. The van der Waals surface area contributed by atoms with Gasteiger partial charge in [0.15, 0.2) is 0 Å². The molecule has 0 bridgehead atoms. The van der Waals surface area contributed by atoms with Crippen LogP contribution in [0.3, 0.4) is 0 Å². The summed E-state index contributed by atoms with van der Waals surface area (Å²) in [5.74, 6) is 0.682. The number of hydrogen-bond acceptors (Lipinski definition) is 14. The predicted octanol–water partition coefficient (Wildman–Crippen LogP) is 5.69. The fraction of sp³-hybridized carbons (Fsp3) is 0.677. The van der Waals surface area contributed by atoms with Crippen LogP contribution in [0, 0.1) is 0 Å². The molecule has 0 aromatic carbocycles. The molecule has 4 heterocycles. The van der Waals surface area contributed by atoms with E-state index < -0.39 is 34.8 Å². The van der Waals surface area contributed by atoms with E-state index in [4.69, 9.17) is 33.2 Å². The number of carbonyl (C=O) groups excluding carboxylic acids is 2. The SMILES string of the molecule is CC(C)(C)OC(=O)N1[C@@H](COc2ncnc(O)c2Br)COC1(C)C.COc1ncnc(OC[C@@H]2COC(C)(C)N2C(=O)OC(C)(C)C)c1Br. The molecule has 2 amide bonds. The van der Waals surface area contributed by atoms with Crippen molar-refractivity contribution in [2.45, 2.75) is 104 Å². The molecule has 2 atom stereocenters. The van der Waals surface area contributed by atoms with Gasteiger partial charge in [-0.3, -0.25) is 9.80 Å². The third kappa shape index (κ3) is 10.9. The molecule has 49 heavy (non-hydrogen) atoms. The summed E-state index contributed by atoms with van der Waals surface area (Å²) in [6.45, 7) is 19.1. The topological polar surface area (TPSA) is 177 Å². The average Bonchev–Trinajstić information content (AvgIpc) is 3.45. The third-order valence-electron chi connectivity index (χ3n) is 6.81. The second-order valence-electron chi connectivity index (χ2n) is 14.0. The van der Waals surface area contributed by atoms with E-state index in [-0.39, 0.29) is 41.5 Å². The lowest BCUT2D eigenvalue weighted by Gasteiger charge is -2.35. The van der Waals surface area contributed by atoms with Crippen molar-refractivity contribution in [3.05, 3.63) is 21.6 Å². The van der Waals surface area contributed by atoms with Crippen LogP contribution in [0.15, 0.2) is 21.6 Å². The Balaban J connectivity index is 0.000000266. The molecule has 16 nitrogen and oxygen atoms in total. The highest BCUT2D eigenvalue weighted by molar-refractivity contribution is 9.11. The number of ether oxygens (including phenoxy) is 7. The van der Waals surface area contributed by atoms with Crippen LogP contribution in [0.2, 0.25) is 0 Å². The van der Waals surface area contributed by atoms with Crippen molar-refractivity contribution in [3.8, 4) is 23.5 Å². The van der Waals surface area contributed by atoms with Crippen molar-refractivity contribution in [3.63, 3.8) is 0 Å². The molecule has 0 unspecified atom stereocenters. The van der Waals surface area contributed by atoms with Crippen LogP contribution in [-0.4, -0.2) is 115 Å². The molecule has 18 heteroatoms. The highest BCUT2D eigenvalue weighted by Crippen LogP contribution is 2.34. The third-order valence-corrected chi connectivity index (χ3v) is 8.18. The molecular formula is C31H46Br2N6O10. The van der Waals surface area contributed by atoms with Gasteiger partial charge in [0.2, 0.25) is 23.5 Å². The zero-order valence-electron chi connectivity index (χ0n) is 29.7. The standard InChI is InChI=1S/C16H24BrN3O5.C15H22BrN3O5/c1-15(2,3)25-14(21)20-10(8-24-16(20,4)5)7-23-13-11(17)12(22-6)18-9-19-13;1-14(2,3)24-13(21)19-9(7-23-15(19,4)5)6-22-12-10(16)11(20)17-8-18-12/h9-10H,7-8H2,1-6H3;8-9H,6-7H2,1-5H3,(H,17,18,20)/t10-;9-/m10/s1. The van der Waals surface area contributed by atoms with Crippen LogP contribution >= 0.6 is 31.9 Å². The molecule has 2 aromatic heterocycles. The summed E-state index contributed by atoms with van der Waals surface area (Å²) >= 11 is 6.51. The zero-order chi connectivity index (χ0) is 36.9. The van der Waals surface area contributed by atoms with Gasteiger partial charge in [0.1, 0.15) is 57.5 Å². The molecule has 0 saturated carbocycles. The van der Waals surface area contributed by atoms with Gasteiger partial charge in [-0.2, -0.15) is 0 Å². The number of aromatic nitrogens is 4. The van der Waals surface area contributed by atoms with Crippen molar-refractivity contribution in [1.29, 1.82) is 0 Å². The van der Waals surface area contributed by atoms with Crippen LogP contribution in [0.5, 0.6) is 23.5 Å². The first-order valence-corrected chi connectivity index (χ1v) is 17.0. The lowest BCUT2D eigenvalue weighted by atomic mass is 10.2. The van der Waals surface area contributed by atoms with Gasteiger partial charge >= 0.3 is 12.2 Å². The van der Waals surface area contributed by atoms with E-state index in [0.717, 1.165) is 0 Å². The Kier molecular flexibility index (Phi) is 12.9. The van der Waals surface area contributed by atoms with Crippen LogP contribution in [-0.2, 0) is 18.9 Å². The van der Waals surface area contributed by atoms with Crippen molar-refractivity contribution < 1.29 is 47.9 Å². The lowest BCUT2D eigenvalue weighted by Crippen LogP contribution is -2.51. The maximum atomic E-state index is 12.6. The number of carbonyl (C=O) groups is 2. The maximum Gasteiger partial charge on any atom is 0.413 e. The Morgan fingerprint density at radius 2 is 1.16 bits per heavy atom. The van der Waals surface area contributed by atoms with E-state index in [1.54, 1.807) is 39.5 Å². The van der Waals surface area contributed by atoms with Gasteiger partial charge in [-0.1, -0.05) is 0 Å². The number of nitrogens with zero attached hydrogens (tertiary/aromatic N) is 6. The zero-order valence-corrected chi connectivity index (χ0v) is 32.9. The smallest absolute Gasteiger partial charge is 0.413 e. The molecule has 0 spiro atoms. The first-order chi connectivity index (χ1) is 22.6. The van der Waals surface area contributed by atoms with E-state index in [9.17, 15) is 14.7 Å². The number of rotatable bonds is 7. The van der Waals surface area contributed by atoms with E-state index in [2.05, 4.69) is 51.8 Å². The molecule has 0 radical (unpaired) electrons. The molecule has 2 aliphatic heterocycles. The Bertz CT molecular complexity index is 1470. The molecule has 2 aromatic rings. The monoisotopic (exact) mass is 820 g/mol. The van der Waals surface area contributed by atoms with Gasteiger partial charge in [-0.15, -0.1) is 0 Å². The van der Waals surface area contributed by atoms with Gasteiger partial charge in [0.05, 0.1) is 32.4 Å². The maximum absolute atomic E-state index is 12.6. The van der Waals surface area contributed by atoms with Crippen molar-refractivity contribution >= 4 is 44.0 Å². The summed E-state index contributed by atoms with van der Waals surface area (Å²) in [6.07, 6.45) is 1.63. The van der Waals surface area contributed by atoms with Gasteiger partial charge < -0.3 is 38.3 Å². The van der Waals surface area contributed by atoms with Gasteiger partial charge in [0, 0.05) is 0 Å². The Labute approximate surface area is 303 Å². The largest absolute Gasteiger partial charge is 0.492 e. The number of halogens is 2. The van der Waals surface area contributed by atoms with Crippen molar-refractivity contribution in [2.75, 3.05) is 33.5 Å². The number of hydrogen-bond donors (Lipinski definition) is 1. The minimum Gasteiger partial charge on any atom is -0.492 e. The highest BCUT2D eigenvalue weighted by Gasteiger charge is 2.47. The minimum absolute atomic E-state index is 0.137. The summed E-state index contributed by atoms with van der Waals surface area (Å²) in [6, 6.07) is -0.656. The minimum atomic E-state index is -0.804. The summed E-state index contributed by atoms with van der Waals surface area (Å²) in [7, 11) is 1.51. The van der Waals surface area contributed by atoms with Crippen LogP contribution in [0.25, 0.3) is 0 Å². The first-order valence-electron chi connectivity index (χ1n) is 15.4. The molecule has 2 saturated heterocycles. The fourth-order valence-corrected chi connectivity index (χ4v) is 5.55. The van der Waals surface area contributed by atoms with E-state index >= 15 is 0 Å². The van der Waals surface area contributed by atoms with E-state index in [1.165, 1.54) is 24.7 Å². The summed E-state index contributed by atoms with van der Waals surface area (Å²) in [5.41, 5.74) is -2.79. The molecule has 4 rings (SSSR count). The first kappa shape index (κ1) is 40.2. The Morgan fingerprint density at radius 3 is 1.57 bits per heavy atom. The Morgan fingerprint density at radius 1 is 0.776 bits per heavy atom. The van der Waals surface area contributed by atoms with E-state index in [0.29, 0.717) is 29.4 Å². The highest BCUT2D eigenvalue weighted by atomic mass is 79.9. The van der Waals surface area contributed by atoms with Crippen molar-refractivity contribution in [1.82, 2.24) is 29.7 Å². The van der Waals surface area contributed by atoms with E-state index in [1.807, 2.05) is 34.6 Å². The van der Waals surface area contributed by atoms with Crippen LogP contribution < -0.4 is 14.2 Å². The summed E-state index contributed by atoms with van der Waals surface area (Å²) in [5, 5.41) is 9.56. The number of aromatic hydroxyl groups is 1.